The molecule has 5 aliphatic rings. The highest BCUT2D eigenvalue weighted by atomic mass is 16.5. The second-order valence-corrected chi connectivity index (χ2v) is 15.2. The Balaban J connectivity index is 1.52. The molecule has 0 amide bonds. The fourth-order valence-electron chi connectivity index (χ4n) is 10.7. The number of aliphatic hydroxyl groups is 2. The predicted octanol–water partition coefficient (Wildman–Crippen LogP) is 5.10. The summed E-state index contributed by atoms with van der Waals surface area (Å²) in [7, 11) is 0. The molecule has 198 valence electrons. The lowest BCUT2D eigenvalue weighted by Crippen LogP contribution is -2.68. The third-order valence-electron chi connectivity index (χ3n) is 12.7. The van der Waals surface area contributed by atoms with E-state index in [-0.39, 0.29) is 51.8 Å². The maximum absolute atomic E-state index is 14.2. The van der Waals surface area contributed by atoms with Gasteiger partial charge in [-0.25, -0.2) is 0 Å². The summed E-state index contributed by atoms with van der Waals surface area (Å²) in [6.07, 6.45) is 5.35. The zero-order valence-electron chi connectivity index (χ0n) is 23.2. The average molecular weight is 489 g/mol. The van der Waals surface area contributed by atoms with Gasteiger partial charge < -0.3 is 14.9 Å². The van der Waals surface area contributed by atoms with Gasteiger partial charge in [0.2, 0.25) is 0 Å². The molecule has 0 radical (unpaired) electrons. The Bertz CT molecular complexity index is 934. The summed E-state index contributed by atoms with van der Waals surface area (Å²) >= 11 is 0. The van der Waals surface area contributed by atoms with Crippen molar-refractivity contribution in [3.05, 3.63) is 0 Å². The molecular weight excluding hydrogens is 440 g/mol. The van der Waals surface area contributed by atoms with Crippen molar-refractivity contribution in [2.45, 2.75) is 130 Å². The Labute approximate surface area is 211 Å². The van der Waals surface area contributed by atoms with Crippen LogP contribution >= 0.6 is 0 Å². The van der Waals surface area contributed by atoms with Gasteiger partial charge in [0.05, 0.1) is 23.4 Å². The number of carbonyl (C=O) groups excluding carboxylic acids is 2. The van der Waals surface area contributed by atoms with Gasteiger partial charge >= 0.3 is 0 Å². The molecule has 4 saturated carbocycles. The number of Topliss-reactive ketones (excluding diaryl/α,β-unsaturated/α-hetero) is 2. The van der Waals surface area contributed by atoms with E-state index in [0.29, 0.717) is 25.0 Å². The van der Waals surface area contributed by atoms with Crippen LogP contribution in [0.4, 0.5) is 0 Å². The van der Waals surface area contributed by atoms with E-state index in [9.17, 15) is 19.8 Å². The van der Waals surface area contributed by atoms with Crippen LogP contribution in [0.3, 0.4) is 0 Å². The van der Waals surface area contributed by atoms with E-state index in [1.165, 1.54) is 0 Å². The van der Waals surface area contributed by atoms with Gasteiger partial charge in [0.1, 0.15) is 11.6 Å². The first-order valence-electron chi connectivity index (χ1n) is 14.1. The van der Waals surface area contributed by atoms with E-state index in [1.807, 2.05) is 27.7 Å². The number of carbonyl (C=O) groups is 2. The summed E-state index contributed by atoms with van der Waals surface area (Å²) in [5, 5.41) is 22.3. The highest BCUT2D eigenvalue weighted by Crippen LogP contribution is 2.75. The first-order chi connectivity index (χ1) is 15.9. The van der Waals surface area contributed by atoms with Crippen molar-refractivity contribution in [2.24, 2.45) is 45.3 Å². The maximum atomic E-state index is 14.2. The largest absolute Gasteiger partial charge is 0.393 e. The fourth-order valence-corrected chi connectivity index (χ4v) is 10.7. The lowest BCUT2D eigenvalue weighted by molar-refractivity contribution is -0.235. The summed E-state index contributed by atoms with van der Waals surface area (Å²) in [4.78, 5) is 27.1. The highest BCUT2D eigenvalue weighted by Gasteiger charge is 2.73. The van der Waals surface area contributed by atoms with Gasteiger partial charge in [-0.3, -0.25) is 9.59 Å². The zero-order chi connectivity index (χ0) is 26.0. The molecule has 4 aliphatic carbocycles. The van der Waals surface area contributed by atoms with Crippen LogP contribution in [0.25, 0.3) is 0 Å². The van der Waals surface area contributed by atoms with Crippen molar-refractivity contribution in [2.75, 3.05) is 0 Å². The van der Waals surface area contributed by atoms with Crippen molar-refractivity contribution in [1.82, 2.24) is 0 Å². The van der Waals surface area contributed by atoms with Gasteiger partial charge in [0.15, 0.2) is 0 Å². The molecule has 35 heavy (non-hydrogen) atoms. The molecule has 0 aromatic rings. The lowest BCUT2D eigenvalue weighted by atomic mass is 9.35. The second-order valence-electron chi connectivity index (χ2n) is 15.2. The smallest absolute Gasteiger partial charge is 0.138 e. The Morgan fingerprint density at radius 3 is 2.20 bits per heavy atom. The van der Waals surface area contributed by atoms with Crippen molar-refractivity contribution in [3.63, 3.8) is 0 Å². The van der Waals surface area contributed by atoms with E-state index >= 15 is 0 Å². The number of fused-ring (bicyclic) bond motifs is 5. The Kier molecular flexibility index (Phi) is 5.47. The molecule has 5 heteroatoms. The van der Waals surface area contributed by atoms with Gasteiger partial charge in [-0.05, 0) is 87.4 Å². The summed E-state index contributed by atoms with van der Waals surface area (Å²) in [5.41, 5.74) is -2.49. The second kappa shape index (κ2) is 7.41. The van der Waals surface area contributed by atoms with Crippen LogP contribution in [0.2, 0.25) is 0 Å². The monoisotopic (exact) mass is 488 g/mol. The minimum Gasteiger partial charge on any atom is -0.393 e. The molecule has 1 saturated heterocycles. The molecule has 1 heterocycles. The zero-order valence-corrected chi connectivity index (χ0v) is 23.2. The molecule has 1 aliphatic heterocycles. The van der Waals surface area contributed by atoms with E-state index < -0.39 is 22.7 Å². The predicted molar refractivity (Wildman–Crippen MR) is 135 cm³/mol. The van der Waals surface area contributed by atoms with Crippen molar-refractivity contribution in [1.29, 1.82) is 0 Å². The van der Waals surface area contributed by atoms with Gasteiger partial charge in [0, 0.05) is 30.1 Å². The number of ketones is 2. The van der Waals surface area contributed by atoms with E-state index in [1.54, 1.807) is 0 Å². The number of hydrogen-bond donors (Lipinski definition) is 2. The fraction of sp³-hybridized carbons (Fsp3) is 0.933. The number of aliphatic hydroxyl groups excluding tert-OH is 1. The normalized spacial score (nSPS) is 53.8. The van der Waals surface area contributed by atoms with Crippen LogP contribution in [0.1, 0.15) is 107 Å². The van der Waals surface area contributed by atoms with E-state index in [4.69, 9.17) is 4.74 Å². The molecule has 0 bridgehead atoms. The van der Waals surface area contributed by atoms with Crippen LogP contribution in [-0.2, 0) is 14.3 Å². The van der Waals surface area contributed by atoms with Crippen LogP contribution in [-0.4, -0.2) is 45.2 Å². The molecule has 0 spiro atoms. The minimum absolute atomic E-state index is 0.0834. The van der Waals surface area contributed by atoms with Crippen LogP contribution < -0.4 is 0 Å². The van der Waals surface area contributed by atoms with Gasteiger partial charge in [0.25, 0.3) is 0 Å². The summed E-state index contributed by atoms with van der Waals surface area (Å²) in [6.45, 7) is 16.8. The van der Waals surface area contributed by atoms with Crippen molar-refractivity contribution >= 4 is 11.6 Å². The third kappa shape index (κ3) is 3.22. The standard InChI is InChI=1S/C30H48O5/c1-25(2)21(33)10-12-27(5)20-15-18(31)23-17(30(8)14-11-22(35-30)26(3,4)34)9-13-28(23,6)29(20,7)16-19(32)24(25)27/h17,19-20,22-24,32,34H,9-16H2,1-8H3. The molecule has 2 N–H and O–H groups in total. The Morgan fingerprint density at radius 2 is 1.60 bits per heavy atom. The van der Waals surface area contributed by atoms with Gasteiger partial charge in [-0.15, -0.1) is 0 Å². The molecule has 0 aromatic carbocycles. The van der Waals surface area contributed by atoms with Gasteiger partial charge in [-0.2, -0.15) is 0 Å². The first kappa shape index (κ1) is 25.9. The average Bonchev–Trinajstić information content (AvgIpc) is 3.30. The molecule has 10 atom stereocenters. The maximum Gasteiger partial charge on any atom is 0.138 e. The Morgan fingerprint density at radius 1 is 0.943 bits per heavy atom. The topological polar surface area (TPSA) is 83.8 Å². The van der Waals surface area contributed by atoms with Crippen LogP contribution in [0.5, 0.6) is 0 Å². The SMILES string of the molecule is CC(C)(O)C1CCC(C)(C2CCC3(C)C2C(=O)CC2C4(C)CCC(=O)C(C)(C)C4C(O)CC23C)O1. The van der Waals surface area contributed by atoms with Gasteiger partial charge in [-0.1, -0.05) is 34.6 Å². The molecule has 0 aromatic heterocycles. The highest BCUT2D eigenvalue weighted by molar-refractivity contribution is 5.87. The quantitative estimate of drug-likeness (QED) is 0.565. The lowest BCUT2D eigenvalue weighted by Gasteiger charge is -2.69. The minimum atomic E-state index is -0.893. The molecular formula is C30H48O5. The molecule has 10 unspecified atom stereocenters. The van der Waals surface area contributed by atoms with E-state index in [0.717, 1.165) is 32.1 Å². The van der Waals surface area contributed by atoms with Crippen molar-refractivity contribution < 1.29 is 24.5 Å². The number of rotatable bonds is 2. The summed E-state index contributed by atoms with van der Waals surface area (Å²) in [6, 6.07) is 0. The molecule has 5 rings (SSSR count). The first-order valence-corrected chi connectivity index (χ1v) is 14.1. The van der Waals surface area contributed by atoms with Crippen molar-refractivity contribution in [3.8, 4) is 0 Å². The molecule has 5 nitrogen and oxygen atoms in total. The third-order valence-corrected chi connectivity index (χ3v) is 12.7. The van der Waals surface area contributed by atoms with Crippen LogP contribution in [0, 0.1) is 45.3 Å². The molecule has 5 fully saturated rings. The van der Waals surface area contributed by atoms with Crippen LogP contribution in [0.15, 0.2) is 0 Å². The number of hydrogen-bond acceptors (Lipinski definition) is 5. The summed E-state index contributed by atoms with van der Waals surface area (Å²) in [5.74, 6) is 0.729. The number of ether oxygens (including phenoxy) is 1. The van der Waals surface area contributed by atoms with E-state index in [2.05, 4.69) is 27.7 Å². The Hall–Kier alpha value is -0.780. The summed E-state index contributed by atoms with van der Waals surface area (Å²) < 4.78 is 6.59.